The number of sulfonamides is 1. The Balaban J connectivity index is 1.77. The van der Waals surface area contributed by atoms with Gasteiger partial charge in [0, 0.05) is 6.54 Å². The van der Waals surface area contributed by atoms with E-state index in [0.717, 1.165) is 9.87 Å². The number of carbonyl (C=O) groups is 1. The van der Waals surface area contributed by atoms with Crippen LogP contribution in [0.25, 0.3) is 0 Å². The number of hydrogen-bond acceptors (Lipinski definition) is 6. The lowest BCUT2D eigenvalue weighted by atomic mass is 10.2. The maximum absolute atomic E-state index is 13.5. The predicted octanol–water partition coefficient (Wildman–Crippen LogP) is 4.39. The number of nitrogens with one attached hydrogen (secondary N) is 1. The van der Waals surface area contributed by atoms with Gasteiger partial charge < -0.3 is 19.5 Å². The van der Waals surface area contributed by atoms with Gasteiger partial charge >= 0.3 is 0 Å². The van der Waals surface area contributed by atoms with E-state index in [2.05, 4.69) is 5.32 Å². The fourth-order valence-electron chi connectivity index (χ4n) is 3.47. The van der Waals surface area contributed by atoms with Crippen LogP contribution in [0, 0.1) is 0 Å². The lowest BCUT2D eigenvalue weighted by Gasteiger charge is -2.24. The Morgan fingerprint density at radius 2 is 1.67 bits per heavy atom. The quantitative estimate of drug-likeness (QED) is 0.387. The summed E-state index contributed by atoms with van der Waals surface area (Å²) in [5.74, 6) is 1.29. The number of nitrogens with zero attached hydrogens (tertiary/aromatic N) is 1. The first-order valence-corrected chi connectivity index (χ1v) is 13.1. The van der Waals surface area contributed by atoms with Crippen molar-refractivity contribution in [1.82, 2.24) is 5.32 Å². The number of methoxy groups -OCH3 is 1. The summed E-state index contributed by atoms with van der Waals surface area (Å²) in [6.07, 6.45) is -0.00857. The molecule has 0 saturated carbocycles. The van der Waals surface area contributed by atoms with E-state index in [1.165, 1.54) is 12.1 Å². The summed E-state index contributed by atoms with van der Waals surface area (Å²) in [6, 6.07) is 20.1. The number of rotatable bonds is 12. The number of carbonyl (C=O) groups excluding carboxylic acids is 1. The number of benzene rings is 3. The van der Waals surface area contributed by atoms with E-state index in [-0.39, 0.29) is 24.1 Å². The van der Waals surface area contributed by atoms with Crippen molar-refractivity contribution in [2.75, 3.05) is 24.6 Å². The highest BCUT2D eigenvalue weighted by Gasteiger charge is 2.27. The summed E-state index contributed by atoms with van der Waals surface area (Å²) in [5.41, 5.74) is 1.18. The zero-order valence-corrected chi connectivity index (χ0v) is 21.7. The van der Waals surface area contributed by atoms with Gasteiger partial charge in [-0.1, -0.05) is 24.3 Å². The van der Waals surface area contributed by atoms with Crippen molar-refractivity contribution in [2.45, 2.75) is 38.3 Å². The second kappa shape index (κ2) is 12.3. The molecule has 0 heterocycles. The van der Waals surface area contributed by atoms with Crippen LogP contribution in [0.2, 0.25) is 0 Å². The summed E-state index contributed by atoms with van der Waals surface area (Å²) in [4.78, 5) is 13.0. The summed E-state index contributed by atoms with van der Waals surface area (Å²) >= 11 is 0. The van der Waals surface area contributed by atoms with Crippen LogP contribution < -0.4 is 23.8 Å². The minimum atomic E-state index is -4.01. The summed E-state index contributed by atoms with van der Waals surface area (Å²) in [6.45, 7) is 5.99. The largest absolute Gasteiger partial charge is 0.494 e. The minimum absolute atomic E-state index is 0.00857. The Morgan fingerprint density at radius 1 is 0.972 bits per heavy atom. The normalized spacial score (nSPS) is 11.1. The van der Waals surface area contributed by atoms with Gasteiger partial charge in [-0.2, -0.15) is 0 Å². The van der Waals surface area contributed by atoms with E-state index < -0.39 is 15.9 Å². The molecule has 0 radical (unpaired) electrons. The smallest absolute Gasteiger partial charge is 0.264 e. The summed E-state index contributed by atoms with van der Waals surface area (Å²) in [7, 11) is -2.46. The lowest BCUT2D eigenvalue weighted by molar-refractivity contribution is -0.119. The molecule has 0 fully saturated rings. The SMILES string of the molecule is CCOc1ccc(S(=O)(=O)N(CC(=O)NCc2ccc(OC(C)C)c(OC)c2)c2ccccc2)cc1. The van der Waals surface area contributed by atoms with E-state index in [9.17, 15) is 13.2 Å². The zero-order chi connectivity index (χ0) is 26.1. The van der Waals surface area contributed by atoms with Gasteiger partial charge in [-0.25, -0.2) is 8.42 Å². The van der Waals surface area contributed by atoms with Crippen molar-refractivity contribution in [2.24, 2.45) is 0 Å². The third kappa shape index (κ3) is 6.91. The molecular weight excluding hydrogens is 480 g/mol. The maximum atomic E-state index is 13.5. The molecule has 0 aromatic heterocycles. The Kier molecular flexibility index (Phi) is 9.19. The van der Waals surface area contributed by atoms with Gasteiger partial charge in [0.25, 0.3) is 10.0 Å². The van der Waals surface area contributed by atoms with E-state index in [4.69, 9.17) is 14.2 Å². The molecule has 3 aromatic rings. The van der Waals surface area contributed by atoms with Crippen LogP contribution in [-0.4, -0.2) is 40.7 Å². The van der Waals surface area contributed by atoms with Crippen LogP contribution in [0.15, 0.2) is 77.7 Å². The van der Waals surface area contributed by atoms with Crippen LogP contribution >= 0.6 is 0 Å². The van der Waals surface area contributed by atoms with Gasteiger partial charge in [-0.15, -0.1) is 0 Å². The maximum Gasteiger partial charge on any atom is 0.264 e. The third-order valence-electron chi connectivity index (χ3n) is 5.13. The van der Waals surface area contributed by atoms with Crippen LogP contribution in [0.4, 0.5) is 5.69 Å². The standard InChI is InChI=1S/C27H32N2O6S/c1-5-34-23-12-14-24(15-13-23)36(31,32)29(22-9-7-6-8-10-22)19-27(30)28-18-21-11-16-25(35-20(2)3)26(17-21)33-4/h6-17,20H,5,18-19H2,1-4H3,(H,28,30). The Morgan fingerprint density at radius 3 is 2.28 bits per heavy atom. The molecule has 3 rings (SSSR count). The van der Waals surface area contributed by atoms with Crippen molar-refractivity contribution < 1.29 is 27.4 Å². The number of para-hydroxylation sites is 1. The van der Waals surface area contributed by atoms with Crippen LogP contribution in [0.5, 0.6) is 17.2 Å². The molecule has 8 nitrogen and oxygen atoms in total. The second-order valence-electron chi connectivity index (χ2n) is 8.18. The fraction of sp³-hybridized carbons (Fsp3) is 0.296. The van der Waals surface area contributed by atoms with E-state index >= 15 is 0 Å². The Bertz CT molecular complexity index is 1250. The van der Waals surface area contributed by atoms with Crippen molar-refractivity contribution in [3.63, 3.8) is 0 Å². The van der Waals surface area contributed by atoms with Crippen LogP contribution in [0.1, 0.15) is 26.3 Å². The van der Waals surface area contributed by atoms with Crippen molar-refractivity contribution >= 4 is 21.6 Å². The lowest BCUT2D eigenvalue weighted by Crippen LogP contribution is -2.40. The number of ether oxygens (including phenoxy) is 3. The van der Waals surface area contributed by atoms with Crippen molar-refractivity contribution in [1.29, 1.82) is 0 Å². The molecule has 0 bridgehead atoms. The molecule has 0 unspecified atom stereocenters. The molecule has 0 aliphatic heterocycles. The zero-order valence-electron chi connectivity index (χ0n) is 20.9. The molecule has 0 spiro atoms. The average Bonchev–Trinajstić information content (AvgIpc) is 2.87. The van der Waals surface area contributed by atoms with Crippen molar-refractivity contribution in [3.05, 3.63) is 78.4 Å². The molecule has 0 aliphatic carbocycles. The van der Waals surface area contributed by atoms with Gasteiger partial charge in [0.15, 0.2) is 11.5 Å². The van der Waals surface area contributed by atoms with Gasteiger partial charge in [0.1, 0.15) is 12.3 Å². The van der Waals surface area contributed by atoms with E-state index in [1.54, 1.807) is 61.7 Å². The highest BCUT2D eigenvalue weighted by atomic mass is 32.2. The first-order chi connectivity index (χ1) is 17.2. The molecular formula is C27H32N2O6S. The topological polar surface area (TPSA) is 94.2 Å². The van der Waals surface area contributed by atoms with Crippen LogP contribution in [-0.2, 0) is 21.4 Å². The molecule has 1 amide bonds. The average molecular weight is 513 g/mol. The molecule has 1 N–H and O–H groups in total. The second-order valence-corrected chi connectivity index (χ2v) is 10.0. The molecule has 36 heavy (non-hydrogen) atoms. The Labute approximate surface area is 212 Å². The highest BCUT2D eigenvalue weighted by molar-refractivity contribution is 7.92. The monoisotopic (exact) mass is 512 g/mol. The van der Waals surface area contributed by atoms with Gasteiger partial charge in [0.2, 0.25) is 5.91 Å². The van der Waals surface area contributed by atoms with E-state index in [0.29, 0.717) is 29.5 Å². The molecule has 0 atom stereocenters. The van der Waals surface area contributed by atoms with Gasteiger partial charge in [0.05, 0.1) is 30.4 Å². The van der Waals surface area contributed by atoms with E-state index in [1.807, 2.05) is 26.8 Å². The third-order valence-corrected chi connectivity index (χ3v) is 6.92. The highest BCUT2D eigenvalue weighted by Crippen LogP contribution is 2.29. The van der Waals surface area contributed by atoms with Crippen LogP contribution in [0.3, 0.4) is 0 Å². The number of hydrogen-bond donors (Lipinski definition) is 1. The first kappa shape index (κ1) is 26.9. The molecule has 0 aliphatic rings. The first-order valence-electron chi connectivity index (χ1n) is 11.7. The fourth-order valence-corrected chi connectivity index (χ4v) is 4.89. The summed E-state index contributed by atoms with van der Waals surface area (Å²) < 4.78 is 44.6. The van der Waals surface area contributed by atoms with Gasteiger partial charge in [-0.05, 0) is 74.9 Å². The summed E-state index contributed by atoms with van der Waals surface area (Å²) in [5, 5.41) is 2.80. The molecule has 9 heteroatoms. The number of amides is 1. The molecule has 3 aromatic carbocycles. The molecule has 192 valence electrons. The Hall–Kier alpha value is -3.72. The van der Waals surface area contributed by atoms with Gasteiger partial charge in [-0.3, -0.25) is 9.10 Å². The number of anilines is 1. The minimum Gasteiger partial charge on any atom is -0.494 e. The van der Waals surface area contributed by atoms with Crippen molar-refractivity contribution in [3.8, 4) is 17.2 Å². The predicted molar refractivity (Wildman–Crippen MR) is 139 cm³/mol. The molecule has 0 saturated heterocycles.